The molecule has 3 heterocycles. The second-order valence-electron chi connectivity index (χ2n) is 9.79. The summed E-state index contributed by atoms with van der Waals surface area (Å²) >= 11 is 6.31. The lowest BCUT2D eigenvalue weighted by atomic mass is 10.2. The number of benzene rings is 2. The van der Waals surface area contributed by atoms with E-state index < -0.39 is 10.0 Å². The van der Waals surface area contributed by atoms with Gasteiger partial charge in [0, 0.05) is 5.56 Å². The van der Waals surface area contributed by atoms with Crippen molar-refractivity contribution in [2.75, 3.05) is 4.31 Å². The lowest BCUT2D eigenvalue weighted by Gasteiger charge is -2.25. The number of nitrogens with zero attached hydrogens (tertiary/aromatic N) is 5. The molecule has 0 radical (unpaired) electrons. The molecule has 5 rings (SSSR count). The Morgan fingerprint density at radius 2 is 1.41 bits per heavy atom. The average Bonchev–Trinajstić information content (AvgIpc) is 3.55. The van der Waals surface area contributed by atoms with Gasteiger partial charge in [0.05, 0.1) is 56.2 Å². The Kier molecular flexibility index (Phi) is 7.67. The van der Waals surface area contributed by atoms with Crippen LogP contribution in [-0.2, 0) is 23.2 Å². The Morgan fingerprint density at radius 1 is 0.829 bits per heavy atom. The third-order valence-electron chi connectivity index (χ3n) is 7.04. The first-order chi connectivity index (χ1) is 19.5. The van der Waals surface area contributed by atoms with Gasteiger partial charge in [-0.25, -0.2) is 13.1 Å². The van der Waals surface area contributed by atoms with Crippen molar-refractivity contribution >= 4 is 27.3 Å². The fourth-order valence-electron chi connectivity index (χ4n) is 4.52. The Balaban J connectivity index is 1.46. The van der Waals surface area contributed by atoms with E-state index in [-0.39, 0.29) is 18.0 Å². The lowest BCUT2D eigenvalue weighted by Crippen LogP contribution is -2.31. The van der Waals surface area contributed by atoms with Crippen molar-refractivity contribution in [2.24, 2.45) is 0 Å². The van der Waals surface area contributed by atoms with Crippen LogP contribution in [0.15, 0.2) is 62.5 Å². The molecule has 0 N–H and O–H groups in total. The van der Waals surface area contributed by atoms with Gasteiger partial charge >= 0.3 is 0 Å². The first-order valence-corrected chi connectivity index (χ1v) is 14.7. The van der Waals surface area contributed by atoms with E-state index in [2.05, 4.69) is 15.4 Å². The van der Waals surface area contributed by atoms with Gasteiger partial charge in [0.1, 0.15) is 23.9 Å². The van der Waals surface area contributed by atoms with Crippen LogP contribution in [0.2, 0.25) is 5.02 Å². The number of aryl methyl sites for hydroxylation is 5. The van der Waals surface area contributed by atoms with Crippen LogP contribution in [0.25, 0.3) is 5.69 Å². The predicted molar refractivity (Wildman–Crippen MR) is 154 cm³/mol. The van der Waals surface area contributed by atoms with E-state index in [1.54, 1.807) is 67.1 Å². The van der Waals surface area contributed by atoms with Crippen molar-refractivity contribution in [1.82, 2.24) is 20.1 Å². The molecule has 0 fully saturated rings. The molecule has 2 aromatic carbocycles. The van der Waals surface area contributed by atoms with Gasteiger partial charge in [0.25, 0.3) is 10.0 Å². The molecule has 0 aliphatic carbocycles. The molecule has 214 valence electrons. The molecular formula is C29H30ClN5O5S. The second-order valence-corrected chi connectivity index (χ2v) is 12.0. The summed E-state index contributed by atoms with van der Waals surface area (Å²) in [5.41, 5.74) is 5.60. The molecule has 0 aliphatic rings. The molecule has 3 aromatic heterocycles. The van der Waals surface area contributed by atoms with Crippen molar-refractivity contribution in [3.05, 3.63) is 99.0 Å². The number of rotatable bonds is 9. The van der Waals surface area contributed by atoms with E-state index in [9.17, 15) is 8.42 Å². The van der Waals surface area contributed by atoms with Crippen LogP contribution < -0.4 is 9.04 Å². The summed E-state index contributed by atoms with van der Waals surface area (Å²) in [7, 11) is -4.00. The normalized spacial score (nSPS) is 11.7. The average molecular weight is 596 g/mol. The molecule has 0 aliphatic heterocycles. The first-order valence-electron chi connectivity index (χ1n) is 12.9. The Labute approximate surface area is 243 Å². The quantitative estimate of drug-likeness (QED) is 0.194. The van der Waals surface area contributed by atoms with Crippen molar-refractivity contribution in [3.8, 4) is 11.4 Å². The van der Waals surface area contributed by atoms with Crippen LogP contribution in [-0.4, -0.2) is 28.5 Å². The maximum absolute atomic E-state index is 14.1. The molecule has 0 saturated heterocycles. The van der Waals surface area contributed by atoms with Crippen molar-refractivity contribution in [3.63, 3.8) is 0 Å². The highest BCUT2D eigenvalue weighted by atomic mass is 35.5. The van der Waals surface area contributed by atoms with Crippen molar-refractivity contribution in [2.45, 2.75) is 59.6 Å². The third kappa shape index (κ3) is 5.47. The topological polar surface area (TPSA) is 116 Å². The molecule has 0 unspecified atom stereocenters. The van der Waals surface area contributed by atoms with E-state index in [1.165, 1.54) is 4.31 Å². The highest BCUT2D eigenvalue weighted by Gasteiger charge is 2.28. The number of hydrogen-bond acceptors (Lipinski definition) is 8. The van der Waals surface area contributed by atoms with E-state index >= 15 is 0 Å². The number of sulfonamides is 1. The van der Waals surface area contributed by atoms with Gasteiger partial charge in [-0.2, -0.15) is 5.10 Å². The minimum absolute atomic E-state index is 0.0393. The summed E-state index contributed by atoms with van der Waals surface area (Å²) < 4.78 is 47.6. The minimum atomic E-state index is -4.00. The van der Waals surface area contributed by atoms with Crippen LogP contribution in [0, 0.1) is 41.5 Å². The van der Waals surface area contributed by atoms with Crippen LogP contribution in [0.4, 0.5) is 5.69 Å². The summed E-state index contributed by atoms with van der Waals surface area (Å²) in [4.78, 5) is 0.124. The molecule has 0 amide bonds. The maximum atomic E-state index is 14.1. The van der Waals surface area contributed by atoms with Crippen LogP contribution in [0.1, 0.15) is 45.4 Å². The summed E-state index contributed by atoms with van der Waals surface area (Å²) in [5.74, 6) is 1.83. The van der Waals surface area contributed by atoms with Gasteiger partial charge in [-0.05, 0) is 90.1 Å². The van der Waals surface area contributed by atoms with E-state index in [1.807, 2.05) is 27.7 Å². The zero-order valence-electron chi connectivity index (χ0n) is 23.6. The predicted octanol–water partition coefficient (Wildman–Crippen LogP) is 6.33. The van der Waals surface area contributed by atoms with Gasteiger partial charge in [-0.1, -0.05) is 21.9 Å². The summed E-state index contributed by atoms with van der Waals surface area (Å²) in [6.07, 6.45) is 0. The van der Waals surface area contributed by atoms with E-state index in [0.29, 0.717) is 50.6 Å². The lowest BCUT2D eigenvalue weighted by molar-refractivity contribution is 0.302. The molecule has 0 spiro atoms. The molecular weight excluding hydrogens is 566 g/mol. The standard InChI is InChI=1S/C29H30ClN5O5S/c1-17-27(21(5)39-32-17)15-34(23-7-11-25(12-8-23)38-16-28-18(2)33-40-22(28)6)41(36,37)26-13-9-24(10-14-26)35-20(4)29(30)19(3)31-35/h7-14H,15-16H2,1-6H3. The number of ether oxygens (including phenoxy) is 1. The second kappa shape index (κ2) is 11.1. The van der Waals surface area contributed by atoms with E-state index in [4.69, 9.17) is 25.4 Å². The molecule has 12 heteroatoms. The fourth-order valence-corrected chi connectivity index (χ4v) is 6.07. The van der Waals surface area contributed by atoms with Gasteiger partial charge in [0.2, 0.25) is 0 Å². The highest BCUT2D eigenvalue weighted by molar-refractivity contribution is 7.92. The van der Waals surface area contributed by atoms with Gasteiger partial charge < -0.3 is 13.8 Å². The largest absolute Gasteiger partial charge is 0.489 e. The number of halogens is 1. The monoisotopic (exact) mass is 595 g/mol. The Bertz CT molecular complexity index is 1770. The van der Waals surface area contributed by atoms with E-state index in [0.717, 1.165) is 17.0 Å². The third-order valence-corrected chi connectivity index (χ3v) is 9.38. The van der Waals surface area contributed by atoms with Crippen molar-refractivity contribution < 1.29 is 22.2 Å². The molecule has 0 atom stereocenters. The van der Waals surface area contributed by atoms with Gasteiger partial charge in [-0.15, -0.1) is 0 Å². The number of hydrogen-bond donors (Lipinski definition) is 0. The summed E-state index contributed by atoms with van der Waals surface area (Å²) in [6, 6.07) is 13.4. The minimum Gasteiger partial charge on any atom is -0.489 e. The van der Waals surface area contributed by atoms with Crippen LogP contribution in [0.5, 0.6) is 5.75 Å². The Morgan fingerprint density at radius 3 is 1.93 bits per heavy atom. The van der Waals surface area contributed by atoms with Gasteiger partial charge in [-0.3, -0.25) is 4.31 Å². The molecule has 0 bridgehead atoms. The van der Waals surface area contributed by atoms with Gasteiger partial charge in [0.15, 0.2) is 0 Å². The zero-order chi connectivity index (χ0) is 29.5. The molecule has 5 aromatic rings. The number of anilines is 1. The van der Waals surface area contributed by atoms with Crippen molar-refractivity contribution in [1.29, 1.82) is 0 Å². The fraction of sp³-hybridized carbons (Fsp3) is 0.276. The summed E-state index contributed by atoms with van der Waals surface area (Å²) in [6.45, 7) is 11.2. The van der Waals surface area contributed by atoms with Crippen LogP contribution in [0.3, 0.4) is 0 Å². The SMILES string of the molecule is Cc1nn(-c2ccc(S(=O)(=O)N(Cc3c(C)noc3C)c3ccc(OCc4c(C)noc4C)cc3)cc2)c(C)c1Cl. The Hall–Kier alpha value is -4.09. The first kappa shape index (κ1) is 28.4. The zero-order valence-corrected chi connectivity index (χ0v) is 25.2. The summed E-state index contributed by atoms with van der Waals surface area (Å²) in [5, 5.41) is 13.0. The molecule has 0 saturated carbocycles. The van der Waals surface area contributed by atoms with Crippen LogP contribution >= 0.6 is 11.6 Å². The number of aromatic nitrogens is 4. The maximum Gasteiger partial charge on any atom is 0.264 e. The highest BCUT2D eigenvalue weighted by Crippen LogP contribution is 2.31. The molecule has 10 nitrogen and oxygen atoms in total. The smallest absolute Gasteiger partial charge is 0.264 e. The molecule has 41 heavy (non-hydrogen) atoms.